The monoisotopic (exact) mass is 445 g/mol. The first kappa shape index (κ1) is 23.5. The number of hydrogen-bond acceptors (Lipinski definition) is 6. The molecule has 176 valence electrons. The van der Waals surface area contributed by atoms with Crippen LogP contribution in [0.2, 0.25) is 0 Å². The minimum atomic E-state index is -1.04. The SMILES string of the molecule is CC(C)(C)OC(=O)N1C2COCC1CC(O)(c1ccc(B3OC(C)(C)C(C)(C)O3)cc1)C2. The van der Waals surface area contributed by atoms with E-state index in [1.54, 1.807) is 4.90 Å². The van der Waals surface area contributed by atoms with Crippen LogP contribution in [0, 0.1) is 0 Å². The van der Waals surface area contributed by atoms with Crippen LogP contribution in [0.15, 0.2) is 24.3 Å². The topological polar surface area (TPSA) is 77.5 Å². The van der Waals surface area contributed by atoms with E-state index in [-0.39, 0.29) is 18.2 Å². The van der Waals surface area contributed by atoms with E-state index in [2.05, 4.69) is 0 Å². The Labute approximate surface area is 191 Å². The van der Waals surface area contributed by atoms with Gasteiger partial charge in [-0.1, -0.05) is 24.3 Å². The predicted molar refractivity (Wildman–Crippen MR) is 122 cm³/mol. The fraction of sp³-hybridized carbons (Fsp3) is 0.708. The van der Waals surface area contributed by atoms with Gasteiger partial charge in [-0.3, -0.25) is 4.90 Å². The molecule has 2 unspecified atom stereocenters. The number of rotatable bonds is 2. The number of carbonyl (C=O) groups excluding carboxylic acids is 1. The molecule has 1 N–H and O–H groups in total. The molecule has 0 saturated carbocycles. The van der Waals surface area contributed by atoms with Gasteiger partial charge in [-0.15, -0.1) is 0 Å². The van der Waals surface area contributed by atoms with E-state index in [9.17, 15) is 9.90 Å². The van der Waals surface area contributed by atoms with Crippen molar-refractivity contribution in [2.24, 2.45) is 0 Å². The Morgan fingerprint density at radius 3 is 2.00 bits per heavy atom. The first-order valence-corrected chi connectivity index (χ1v) is 11.5. The number of benzene rings is 1. The molecule has 3 aliphatic rings. The molecule has 3 fully saturated rings. The minimum Gasteiger partial charge on any atom is -0.444 e. The van der Waals surface area contributed by atoms with Crippen LogP contribution in [0.3, 0.4) is 0 Å². The summed E-state index contributed by atoms with van der Waals surface area (Å²) in [5.74, 6) is 0. The van der Waals surface area contributed by atoms with E-state index in [4.69, 9.17) is 18.8 Å². The maximum atomic E-state index is 12.8. The second kappa shape index (κ2) is 7.72. The molecule has 4 rings (SSSR count). The second-order valence-electron chi connectivity index (χ2n) is 11.4. The summed E-state index contributed by atoms with van der Waals surface area (Å²) in [5, 5.41) is 11.6. The van der Waals surface area contributed by atoms with Crippen LogP contribution in [-0.2, 0) is 24.4 Å². The largest absolute Gasteiger partial charge is 0.494 e. The van der Waals surface area contributed by atoms with Crippen LogP contribution in [-0.4, -0.2) is 65.3 Å². The molecule has 1 aromatic rings. The Bertz CT molecular complexity index is 832. The van der Waals surface area contributed by atoms with Crippen LogP contribution in [0.4, 0.5) is 4.79 Å². The Balaban J connectivity index is 1.51. The molecular weight excluding hydrogens is 409 g/mol. The third-order valence-corrected chi connectivity index (χ3v) is 7.13. The maximum Gasteiger partial charge on any atom is 0.494 e. The number of ether oxygens (including phenoxy) is 2. The van der Waals surface area contributed by atoms with Crippen molar-refractivity contribution in [3.8, 4) is 0 Å². The highest BCUT2D eigenvalue weighted by molar-refractivity contribution is 6.62. The van der Waals surface area contributed by atoms with Gasteiger partial charge in [-0.2, -0.15) is 0 Å². The fourth-order valence-corrected chi connectivity index (χ4v) is 4.75. The summed E-state index contributed by atoms with van der Waals surface area (Å²) < 4.78 is 23.6. The number of carbonyl (C=O) groups is 1. The van der Waals surface area contributed by atoms with E-state index in [0.29, 0.717) is 26.1 Å². The molecule has 32 heavy (non-hydrogen) atoms. The summed E-state index contributed by atoms with van der Waals surface area (Å²) in [6.07, 6.45) is 0.464. The van der Waals surface area contributed by atoms with Gasteiger partial charge in [0.1, 0.15) is 5.60 Å². The molecule has 0 radical (unpaired) electrons. The van der Waals surface area contributed by atoms with Crippen molar-refractivity contribution in [3.63, 3.8) is 0 Å². The smallest absolute Gasteiger partial charge is 0.444 e. The summed E-state index contributed by atoms with van der Waals surface area (Å²) in [6.45, 7) is 14.5. The van der Waals surface area contributed by atoms with Crippen molar-refractivity contribution < 1.29 is 28.7 Å². The number of hydrogen-bond donors (Lipinski definition) is 1. The lowest BCUT2D eigenvalue weighted by molar-refractivity contribution is -0.141. The van der Waals surface area contributed by atoms with Gasteiger partial charge < -0.3 is 23.9 Å². The number of nitrogens with zero attached hydrogens (tertiary/aromatic N) is 1. The lowest BCUT2D eigenvalue weighted by Gasteiger charge is -2.51. The predicted octanol–water partition coefficient (Wildman–Crippen LogP) is 2.97. The minimum absolute atomic E-state index is 0.231. The van der Waals surface area contributed by atoms with Crippen molar-refractivity contribution in [1.82, 2.24) is 4.90 Å². The molecule has 1 aromatic carbocycles. The number of fused-ring (bicyclic) bond motifs is 2. The molecule has 7 nitrogen and oxygen atoms in total. The Hall–Kier alpha value is -1.61. The molecule has 3 saturated heterocycles. The Morgan fingerprint density at radius 1 is 1.03 bits per heavy atom. The van der Waals surface area contributed by atoms with Crippen molar-refractivity contribution in [2.75, 3.05) is 13.2 Å². The van der Waals surface area contributed by atoms with Gasteiger partial charge in [0.2, 0.25) is 0 Å². The van der Waals surface area contributed by atoms with E-state index in [1.807, 2.05) is 72.7 Å². The summed E-state index contributed by atoms with van der Waals surface area (Å²) in [7, 11) is -0.439. The summed E-state index contributed by atoms with van der Waals surface area (Å²) >= 11 is 0. The molecule has 3 aliphatic heterocycles. The first-order chi connectivity index (χ1) is 14.7. The van der Waals surface area contributed by atoms with Crippen LogP contribution >= 0.6 is 0 Å². The molecular formula is C24H36BNO6. The molecule has 2 bridgehead atoms. The molecule has 2 atom stereocenters. The lowest BCUT2D eigenvalue weighted by Crippen LogP contribution is -2.63. The fourth-order valence-electron chi connectivity index (χ4n) is 4.75. The number of morpholine rings is 1. The quantitative estimate of drug-likeness (QED) is 0.706. The van der Waals surface area contributed by atoms with Crippen molar-refractivity contribution in [2.45, 2.75) is 95.8 Å². The highest BCUT2D eigenvalue weighted by atomic mass is 16.7. The second-order valence-corrected chi connectivity index (χ2v) is 11.4. The van der Waals surface area contributed by atoms with Crippen LogP contribution in [0.5, 0.6) is 0 Å². The van der Waals surface area contributed by atoms with Gasteiger partial charge in [-0.25, -0.2) is 4.79 Å². The van der Waals surface area contributed by atoms with Crippen LogP contribution < -0.4 is 5.46 Å². The summed E-state index contributed by atoms with van der Waals surface area (Å²) in [5.41, 5.74) is -0.652. The summed E-state index contributed by atoms with van der Waals surface area (Å²) in [6, 6.07) is 7.35. The van der Waals surface area contributed by atoms with E-state index < -0.39 is 29.5 Å². The van der Waals surface area contributed by atoms with Crippen molar-refractivity contribution >= 4 is 18.7 Å². The average molecular weight is 445 g/mol. The van der Waals surface area contributed by atoms with Gasteiger partial charge in [0.05, 0.1) is 42.1 Å². The van der Waals surface area contributed by atoms with Crippen molar-refractivity contribution in [3.05, 3.63) is 29.8 Å². The number of piperidine rings is 1. The van der Waals surface area contributed by atoms with Crippen LogP contribution in [0.25, 0.3) is 0 Å². The average Bonchev–Trinajstić information content (AvgIpc) is 2.87. The molecule has 3 heterocycles. The van der Waals surface area contributed by atoms with Gasteiger partial charge >= 0.3 is 13.2 Å². The zero-order chi connectivity index (χ0) is 23.5. The lowest BCUT2D eigenvalue weighted by atomic mass is 9.74. The molecule has 0 aliphatic carbocycles. The maximum absolute atomic E-state index is 12.8. The Morgan fingerprint density at radius 2 is 1.53 bits per heavy atom. The Kier molecular flexibility index (Phi) is 5.68. The highest BCUT2D eigenvalue weighted by Gasteiger charge is 2.52. The molecule has 8 heteroatoms. The molecule has 0 spiro atoms. The van der Waals surface area contributed by atoms with Gasteiger partial charge in [0.25, 0.3) is 0 Å². The third kappa shape index (κ3) is 4.30. The normalized spacial score (nSPS) is 31.5. The van der Waals surface area contributed by atoms with E-state index >= 15 is 0 Å². The van der Waals surface area contributed by atoms with Crippen LogP contribution in [0.1, 0.15) is 66.9 Å². The highest BCUT2D eigenvalue weighted by Crippen LogP contribution is 2.42. The number of amides is 1. The molecule has 0 aromatic heterocycles. The standard InChI is InChI=1S/C24H36BNO6/c1-21(2,3)30-20(27)26-18-12-24(28,13-19(26)15-29-14-18)16-8-10-17(11-9-16)25-31-22(4,5)23(6,7)32-25/h8-11,18-19,28H,12-15H2,1-7H3. The van der Waals surface area contributed by atoms with E-state index in [1.165, 1.54) is 0 Å². The van der Waals surface area contributed by atoms with Gasteiger partial charge in [0.15, 0.2) is 0 Å². The zero-order valence-electron chi connectivity index (χ0n) is 20.3. The van der Waals surface area contributed by atoms with E-state index in [0.717, 1.165) is 11.0 Å². The molecule has 1 amide bonds. The first-order valence-electron chi connectivity index (χ1n) is 11.5. The zero-order valence-corrected chi connectivity index (χ0v) is 20.3. The van der Waals surface area contributed by atoms with Gasteiger partial charge in [0, 0.05) is 12.8 Å². The third-order valence-electron chi connectivity index (χ3n) is 7.13. The number of aliphatic hydroxyl groups is 1. The summed E-state index contributed by atoms with van der Waals surface area (Å²) in [4.78, 5) is 14.6. The van der Waals surface area contributed by atoms with Crippen molar-refractivity contribution in [1.29, 1.82) is 0 Å². The van der Waals surface area contributed by atoms with Gasteiger partial charge in [-0.05, 0) is 59.5 Å².